The first-order chi connectivity index (χ1) is 33.2. The number of rotatable bonds is 10. The molecule has 3 nitrogen and oxygen atoms in total. The molecule has 3 atom stereocenters. The van der Waals surface area contributed by atoms with E-state index in [1.165, 1.54) is 77.7 Å². The highest BCUT2D eigenvalue weighted by molar-refractivity contribution is 6.16. The second-order valence-corrected chi connectivity index (χ2v) is 18.1. The number of nitrogens with zero attached hydrogens (tertiary/aromatic N) is 3. The van der Waals surface area contributed by atoms with Crippen LogP contribution in [0.5, 0.6) is 0 Å². The molecular weight excluding hydrogens is 811 g/mol. The second kappa shape index (κ2) is 17.3. The number of fused-ring (bicyclic) bond motifs is 7. The molecule has 0 radical (unpaired) electrons. The van der Waals surface area contributed by atoms with Gasteiger partial charge in [-0.3, -0.25) is 0 Å². The lowest BCUT2D eigenvalue weighted by Crippen LogP contribution is -2.38. The maximum atomic E-state index is 2.74. The molecule has 0 aliphatic heterocycles. The van der Waals surface area contributed by atoms with E-state index in [1.807, 2.05) is 0 Å². The van der Waals surface area contributed by atoms with Crippen molar-refractivity contribution in [1.29, 1.82) is 0 Å². The largest absolute Gasteiger partial charge is 0.363 e. The van der Waals surface area contributed by atoms with Crippen molar-refractivity contribution in [2.75, 3.05) is 16.3 Å². The number of hydrogen-bond acceptors (Lipinski definition) is 2. The van der Waals surface area contributed by atoms with E-state index in [1.54, 1.807) is 0 Å². The van der Waals surface area contributed by atoms with Gasteiger partial charge < -0.3 is 14.4 Å². The van der Waals surface area contributed by atoms with Crippen LogP contribution in [0.4, 0.5) is 22.7 Å². The zero-order valence-corrected chi connectivity index (χ0v) is 37.7. The van der Waals surface area contributed by atoms with Crippen LogP contribution in [0, 0.1) is 5.92 Å². The Morgan fingerprint density at radius 2 is 1.07 bits per heavy atom. The van der Waals surface area contributed by atoms with E-state index in [4.69, 9.17) is 0 Å². The third-order valence-corrected chi connectivity index (χ3v) is 14.1. The van der Waals surface area contributed by atoms with Crippen LogP contribution in [0.3, 0.4) is 0 Å². The van der Waals surface area contributed by atoms with E-state index >= 15 is 0 Å². The first-order valence-corrected chi connectivity index (χ1v) is 23.7. The van der Waals surface area contributed by atoms with Crippen LogP contribution < -0.4 is 9.80 Å². The minimum atomic E-state index is -0.0135. The van der Waals surface area contributed by atoms with Gasteiger partial charge >= 0.3 is 0 Å². The van der Waals surface area contributed by atoms with Gasteiger partial charge in [0.05, 0.1) is 11.6 Å². The van der Waals surface area contributed by atoms with Gasteiger partial charge in [-0.2, -0.15) is 0 Å². The van der Waals surface area contributed by atoms with Gasteiger partial charge in [-0.15, -0.1) is 0 Å². The summed E-state index contributed by atoms with van der Waals surface area (Å²) < 4.78 is 2.58. The van der Waals surface area contributed by atoms with Crippen LogP contribution >= 0.6 is 0 Å². The fourth-order valence-corrected chi connectivity index (χ4v) is 11.0. The summed E-state index contributed by atoms with van der Waals surface area (Å²) in [6.07, 6.45) is 10.2. The summed E-state index contributed by atoms with van der Waals surface area (Å²) in [4.78, 5) is 5.17. The van der Waals surface area contributed by atoms with Gasteiger partial charge in [0.15, 0.2) is 0 Å². The Hall–Kier alpha value is -8.14. The van der Waals surface area contributed by atoms with Gasteiger partial charge in [0.25, 0.3) is 0 Å². The molecule has 1 aromatic heterocycles. The molecule has 12 rings (SSSR count). The van der Waals surface area contributed by atoms with E-state index in [0.29, 0.717) is 5.92 Å². The molecule has 2 aliphatic rings. The van der Waals surface area contributed by atoms with Gasteiger partial charge in [0, 0.05) is 57.5 Å². The molecule has 0 saturated carbocycles. The minimum Gasteiger partial charge on any atom is -0.363 e. The lowest BCUT2D eigenvalue weighted by atomic mass is 9.76. The zero-order valence-electron chi connectivity index (χ0n) is 37.7. The molecule has 322 valence electrons. The van der Waals surface area contributed by atoms with Gasteiger partial charge in [0.1, 0.15) is 0 Å². The van der Waals surface area contributed by atoms with E-state index < -0.39 is 0 Å². The van der Waals surface area contributed by atoms with Crippen molar-refractivity contribution in [2.45, 2.75) is 25.3 Å². The Labute approximate surface area is 393 Å². The van der Waals surface area contributed by atoms with Crippen LogP contribution in [0.25, 0.3) is 60.7 Å². The molecule has 10 aromatic rings. The fourth-order valence-electron chi connectivity index (χ4n) is 11.0. The Morgan fingerprint density at radius 3 is 1.73 bits per heavy atom. The summed E-state index contributed by atoms with van der Waals surface area (Å²) >= 11 is 0. The average Bonchev–Trinajstić information content (AvgIpc) is 3.76. The molecule has 0 fully saturated rings. The normalized spacial score (nSPS) is 16.2. The van der Waals surface area contributed by atoms with E-state index in [-0.39, 0.29) is 12.0 Å². The molecule has 9 aromatic carbocycles. The lowest BCUT2D eigenvalue weighted by Gasteiger charge is -2.44. The Kier molecular flexibility index (Phi) is 10.5. The SMILES string of the molecule is C[C@H]1c2c(c3c4ccccc4ccc3n2-c2ccccc2)-c2ccc(N(c3ccccc3)c3ccc(-c4ccccc4)cc3)cc2C1N(CC1C=CC=CC1)c1ccc(-c2ccccc2)cc1. The molecule has 1 heterocycles. The molecule has 0 spiro atoms. The predicted molar refractivity (Wildman–Crippen MR) is 283 cm³/mol. The molecule has 0 bridgehead atoms. The van der Waals surface area contributed by atoms with Gasteiger partial charge in [0.2, 0.25) is 0 Å². The zero-order chi connectivity index (χ0) is 44.7. The number of allylic oxidation sites excluding steroid dienone is 3. The van der Waals surface area contributed by atoms with Crippen molar-refractivity contribution in [1.82, 2.24) is 4.57 Å². The number of aromatic nitrogens is 1. The van der Waals surface area contributed by atoms with Crippen molar-refractivity contribution in [3.05, 3.63) is 260 Å². The molecule has 0 N–H and O–H groups in total. The number of hydrogen-bond donors (Lipinski definition) is 0. The van der Waals surface area contributed by atoms with Crippen LogP contribution in [0.15, 0.2) is 249 Å². The number of para-hydroxylation sites is 2. The van der Waals surface area contributed by atoms with E-state index in [0.717, 1.165) is 30.0 Å². The topological polar surface area (TPSA) is 11.4 Å². The summed E-state index contributed by atoms with van der Waals surface area (Å²) in [5.74, 6) is 0.434. The van der Waals surface area contributed by atoms with Crippen LogP contribution in [0.2, 0.25) is 0 Å². The van der Waals surface area contributed by atoms with Crippen molar-refractivity contribution in [3.63, 3.8) is 0 Å². The van der Waals surface area contributed by atoms with E-state index in [9.17, 15) is 0 Å². The van der Waals surface area contributed by atoms with Crippen LogP contribution in [-0.4, -0.2) is 11.1 Å². The summed E-state index contributed by atoms with van der Waals surface area (Å²) in [7, 11) is 0. The lowest BCUT2D eigenvalue weighted by molar-refractivity contribution is 0.484. The predicted octanol–water partition coefficient (Wildman–Crippen LogP) is 17.1. The highest BCUT2D eigenvalue weighted by atomic mass is 15.2. The smallest absolute Gasteiger partial charge is 0.0630 e. The van der Waals surface area contributed by atoms with Crippen LogP contribution in [-0.2, 0) is 0 Å². The number of anilines is 4. The monoisotopic (exact) mass is 861 g/mol. The Morgan fingerprint density at radius 1 is 0.507 bits per heavy atom. The molecule has 0 saturated heterocycles. The maximum absolute atomic E-state index is 2.74. The van der Waals surface area contributed by atoms with Crippen molar-refractivity contribution in [2.24, 2.45) is 5.92 Å². The summed E-state index contributed by atoms with van der Waals surface area (Å²) in [5, 5.41) is 3.85. The fraction of sp³-hybridized carbons (Fsp3) is 0.0938. The van der Waals surface area contributed by atoms with Crippen molar-refractivity contribution < 1.29 is 0 Å². The van der Waals surface area contributed by atoms with Crippen molar-refractivity contribution in [3.8, 4) is 39.1 Å². The minimum absolute atomic E-state index is 0.0135. The quantitative estimate of drug-likeness (QED) is 0.136. The maximum Gasteiger partial charge on any atom is 0.0630 e. The number of benzene rings is 9. The standard InChI is InChI=1S/C64H51N3/c1-45-63(65(44-46-19-7-2-8-20-46)52-36-31-49(32-37-52)47-21-9-3-10-22-47)59-43-56(66(53-26-13-5-14-27-53)55-38-33-50(34-39-55)48-23-11-4-12-24-48)40-41-58(59)62-61-57-30-18-17-25-51(57)35-42-60(61)67(64(45)62)54-28-15-6-16-29-54/h2-19,21-43,45-46,63H,20,44H2,1H3/t45-,46?,63?/m1/s1. The highest BCUT2D eigenvalue weighted by Crippen LogP contribution is 2.56. The molecule has 2 aliphatic carbocycles. The third-order valence-electron chi connectivity index (χ3n) is 14.1. The first kappa shape index (κ1) is 40.4. The Balaban J connectivity index is 1.11. The molecule has 0 amide bonds. The molecular formula is C64H51N3. The van der Waals surface area contributed by atoms with Gasteiger partial charge in [-0.1, -0.05) is 189 Å². The van der Waals surface area contributed by atoms with Crippen molar-refractivity contribution >= 4 is 44.4 Å². The van der Waals surface area contributed by atoms with E-state index in [2.05, 4.69) is 270 Å². The van der Waals surface area contributed by atoms with Crippen LogP contribution in [0.1, 0.15) is 36.6 Å². The average molecular weight is 862 g/mol. The second-order valence-electron chi connectivity index (χ2n) is 18.1. The van der Waals surface area contributed by atoms with Gasteiger partial charge in [-0.05, 0) is 123 Å². The molecule has 3 heteroatoms. The van der Waals surface area contributed by atoms with Gasteiger partial charge in [-0.25, -0.2) is 0 Å². The Bertz CT molecular complexity index is 3410. The third kappa shape index (κ3) is 7.34. The summed E-state index contributed by atoms with van der Waals surface area (Å²) in [6.45, 7) is 3.36. The molecule has 2 unspecified atom stereocenters. The highest BCUT2D eigenvalue weighted by Gasteiger charge is 2.41. The summed E-state index contributed by atoms with van der Waals surface area (Å²) in [5.41, 5.74) is 17.2. The summed E-state index contributed by atoms with van der Waals surface area (Å²) in [6, 6.07) is 82.6. The molecule has 67 heavy (non-hydrogen) atoms. The first-order valence-electron chi connectivity index (χ1n) is 23.7.